The lowest BCUT2D eigenvalue weighted by Gasteiger charge is -2.17. The summed E-state index contributed by atoms with van der Waals surface area (Å²) in [6, 6.07) is 15.2. The van der Waals surface area contributed by atoms with E-state index in [0.29, 0.717) is 6.04 Å². The highest BCUT2D eigenvalue weighted by atomic mass is 16.5. The van der Waals surface area contributed by atoms with Crippen LogP contribution in [0, 0.1) is 0 Å². The predicted octanol–water partition coefficient (Wildman–Crippen LogP) is 3.13. The highest BCUT2D eigenvalue weighted by Gasteiger charge is 2.20. The molecule has 1 aliphatic rings. The van der Waals surface area contributed by atoms with Crippen molar-refractivity contribution in [2.24, 2.45) is 0 Å². The summed E-state index contributed by atoms with van der Waals surface area (Å²) in [6.45, 7) is 0.974. The van der Waals surface area contributed by atoms with Crippen molar-refractivity contribution in [1.29, 1.82) is 0 Å². The third-order valence-corrected chi connectivity index (χ3v) is 4.12. The number of methoxy groups -OCH3 is 2. The zero-order valence-corrected chi connectivity index (χ0v) is 12.6. The quantitative estimate of drug-likeness (QED) is 0.938. The molecule has 0 unspecified atom stereocenters. The minimum Gasteiger partial charge on any atom is -0.493 e. The summed E-state index contributed by atoms with van der Waals surface area (Å²) in [7, 11) is 3.37. The van der Waals surface area contributed by atoms with Crippen molar-refractivity contribution in [2.45, 2.75) is 18.9 Å². The first kappa shape index (κ1) is 14.0. The molecule has 110 valence electrons. The van der Waals surface area contributed by atoms with Gasteiger partial charge in [0.2, 0.25) is 0 Å². The SMILES string of the molecule is COc1cc2c(cc1OC)C[C@H](c1ccccc1)NCC2. The summed E-state index contributed by atoms with van der Waals surface area (Å²) in [5, 5.41) is 3.64. The fourth-order valence-corrected chi connectivity index (χ4v) is 2.98. The number of rotatable bonds is 3. The van der Waals surface area contributed by atoms with Gasteiger partial charge < -0.3 is 14.8 Å². The van der Waals surface area contributed by atoms with Gasteiger partial charge in [0.05, 0.1) is 14.2 Å². The average molecular weight is 283 g/mol. The first-order valence-corrected chi connectivity index (χ1v) is 7.34. The zero-order valence-electron chi connectivity index (χ0n) is 12.6. The number of hydrogen-bond donors (Lipinski definition) is 1. The van der Waals surface area contributed by atoms with Gasteiger partial charge >= 0.3 is 0 Å². The summed E-state index contributed by atoms with van der Waals surface area (Å²) in [4.78, 5) is 0. The average Bonchev–Trinajstić information content (AvgIpc) is 2.76. The summed E-state index contributed by atoms with van der Waals surface area (Å²) in [5.41, 5.74) is 4.02. The van der Waals surface area contributed by atoms with Gasteiger partial charge in [-0.25, -0.2) is 0 Å². The third-order valence-electron chi connectivity index (χ3n) is 4.12. The normalized spacial score (nSPS) is 17.7. The molecule has 1 aliphatic heterocycles. The maximum absolute atomic E-state index is 5.44. The van der Waals surface area contributed by atoms with Crippen molar-refractivity contribution in [3.8, 4) is 11.5 Å². The molecule has 1 heterocycles. The molecule has 0 aliphatic carbocycles. The zero-order chi connectivity index (χ0) is 14.7. The smallest absolute Gasteiger partial charge is 0.161 e. The molecule has 21 heavy (non-hydrogen) atoms. The molecule has 0 amide bonds. The Bertz CT molecular complexity index is 610. The molecule has 2 aromatic carbocycles. The number of fused-ring (bicyclic) bond motifs is 1. The molecule has 1 atom stereocenters. The van der Waals surface area contributed by atoms with E-state index in [2.05, 4.69) is 47.8 Å². The topological polar surface area (TPSA) is 30.5 Å². The molecular weight excluding hydrogens is 262 g/mol. The van der Waals surface area contributed by atoms with E-state index < -0.39 is 0 Å². The Balaban J connectivity index is 1.95. The maximum atomic E-state index is 5.44. The minimum atomic E-state index is 0.352. The first-order chi connectivity index (χ1) is 10.3. The molecule has 0 aromatic heterocycles. The number of hydrogen-bond acceptors (Lipinski definition) is 3. The second-order valence-electron chi connectivity index (χ2n) is 5.35. The Hall–Kier alpha value is -2.00. The van der Waals surface area contributed by atoms with Crippen LogP contribution in [0.3, 0.4) is 0 Å². The van der Waals surface area contributed by atoms with E-state index in [-0.39, 0.29) is 0 Å². The summed E-state index contributed by atoms with van der Waals surface area (Å²) in [6.07, 6.45) is 1.98. The monoisotopic (exact) mass is 283 g/mol. The van der Waals surface area contributed by atoms with Crippen LogP contribution in [0.2, 0.25) is 0 Å². The molecule has 0 saturated carbocycles. The fraction of sp³-hybridized carbons (Fsp3) is 0.333. The minimum absolute atomic E-state index is 0.352. The van der Waals surface area contributed by atoms with E-state index in [1.165, 1.54) is 16.7 Å². The van der Waals surface area contributed by atoms with Crippen LogP contribution >= 0.6 is 0 Å². The lowest BCUT2D eigenvalue weighted by atomic mass is 9.96. The van der Waals surface area contributed by atoms with E-state index in [4.69, 9.17) is 9.47 Å². The van der Waals surface area contributed by atoms with Crippen molar-refractivity contribution in [1.82, 2.24) is 5.32 Å². The molecule has 0 fully saturated rings. The van der Waals surface area contributed by atoms with Gasteiger partial charge in [-0.1, -0.05) is 30.3 Å². The van der Waals surface area contributed by atoms with Crippen LogP contribution in [0.15, 0.2) is 42.5 Å². The van der Waals surface area contributed by atoms with Gasteiger partial charge in [0.15, 0.2) is 11.5 Å². The van der Waals surface area contributed by atoms with Crippen LogP contribution in [0.4, 0.5) is 0 Å². The van der Waals surface area contributed by atoms with E-state index >= 15 is 0 Å². The van der Waals surface area contributed by atoms with Crippen molar-refractivity contribution in [3.63, 3.8) is 0 Å². The van der Waals surface area contributed by atoms with Crippen molar-refractivity contribution >= 4 is 0 Å². The lowest BCUT2D eigenvalue weighted by Crippen LogP contribution is -2.22. The molecule has 3 heteroatoms. The van der Waals surface area contributed by atoms with E-state index in [1.807, 2.05) is 0 Å². The summed E-state index contributed by atoms with van der Waals surface area (Å²) < 4.78 is 10.8. The van der Waals surface area contributed by atoms with Crippen molar-refractivity contribution in [3.05, 3.63) is 59.2 Å². The molecule has 0 bridgehead atoms. The standard InChI is InChI=1S/C18H21NO2/c1-20-17-11-14-8-9-19-16(13-6-4-3-5-7-13)10-15(14)12-18(17)21-2/h3-7,11-12,16,19H,8-10H2,1-2H3/t16-/m1/s1. The second-order valence-corrected chi connectivity index (χ2v) is 5.35. The van der Waals surface area contributed by atoms with Gasteiger partial charge in [-0.3, -0.25) is 0 Å². The largest absolute Gasteiger partial charge is 0.493 e. The van der Waals surface area contributed by atoms with Crippen LogP contribution in [0.1, 0.15) is 22.7 Å². The third kappa shape index (κ3) is 2.88. The maximum Gasteiger partial charge on any atom is 0.161 e. The van der Waals surface area contributed by atoms with Gasteiger partial charge in [-0.05, 0) is 48.2 Å². The lowest BCUT2D eigenvalue weighted by molar-refractivity contribution is 0.354. The van der Waals surface area contributed by atoms with Crippen molar-refractivity contribution in [2.75, 3.05) is 20.8 Å². The molecule has 0 spiro atoms. The predicted molar refractivity (Wildman–Crippen MR) is 84.1 cm³/mol. The van der Waals surface area contributed by atoms with Crippen LogP contribution in [0.25, 0.3) is 0 Å². The van der Waals surface area contributed by atoms with E-state index in [1.54, 1.807) is 14.2 Å². The number of benzene rings is 2. The van der Waals surface area contributed by atoms with Crippen molar-refractivity contribution < 1.29 is 9.47 Å². The van der Waals surface area contributed by atoms with Crippen LogP contribution < -0.4 is 14.8 Å². The van der Waals surface area contributed by atoms with Gasteiger partial charge in [-0.2, -0.15) is 0 Å². The molecule has 3 rings (SSSR count). The number of ether oxygens (including phenoxy) is 2. The summed E-state index contributed by atoms with van der Waals surface area (Å²) in [5.74, 6) is 1.62. The molecule has 2 aromatic rings. The number of nitrogens with one attached hydrogen (secondary N) is 1. The molecule has 0 saturated heterocycles. The van der Waals surface area contributed by atoms with Gasteiger partial charge in [0.1, 0.15) is 0 Å². The Morgan fingerprint density at radius 2 is 1.62 bits per heavy atom. The van der Waals surface area contributed by atoms with E-state index in [0.717, 1.165) is 30.9 Å². The highest BCUT2D eigenvalue weighted by Crippen LogP contribution is 2.34. The Kier molecular flexibility index (Phi) is 4.11. The second kappa shape index (κ2) is 6.19. The van der Waals surface area contributed by atoms with Gasteiger partial charge in [-0.15, -0.1) is 0 Å². The Morgan fingerprint density at radius 3 is 2.29 bits per heavy atom. The van der Waals surface area contributed by atoms with Gasteiger partial charge in [0, 0.05) is 6.04 Å². The van der Waals surface area contributed by atoms with Crippen LogP contribution in [-0.4, -0.2) is 20.8 Å². The molecular formula is C18H21NO2. The summed E-state index contributed by atoms with van der Waals surface area (Å²) >= 11 is 0. The highest BCUT2D eigenvalue weighted by molar-refractivity contribution is 5.48. The van der Waals surface area contributed by atoms with E-state index in [9.17, 15) is 0 Å². The molecule has 0 radical (unpaired) electrons. The van der Waals surface area contributed by atoms with Gasteiger partial charge in [0.25, 0.3) is 0 Å². The van der Waals surface area contributed by atoms with Crippen LogP contribution in [-0.2, 0) is 12.8 Å². The fourth-order valence-electron chi connectivity index (χ4n) is 2.98. The van der Waals surface area contributed by atoms with Crippen LogP contribution in [0.5, 0.6) is 11.5 Å². The molecule has 3 nitrogen and oxygen atoms in total. The Morgan fingerprint density at radius 1 is 0.952 bits per heavy atom. The Labute approximate surface area is 125 Å². The molecule has 1 N–H and O–H groups in total. The first-order valence-electron chi connectivity index (χ1n) is 7.34.